The fraction of sp³-hybridized carbons (Fsp3) is 0.261. The smallest absolute Gasteiger partial charge is 0.271 e. The zero-order valence-electron chi connectivity index (χ0n) is 17.9. The molecule has 158 valence electrons. The topological polar surface area (TPSA) is 94.3 Å². The molecule has 0 aliphatic rings. The van der Waals surface area contributed by atoms with Gasteiger partial charge in [-0.3, -0.25) is 4.57 Å². The highest BCUT2D eigenvalue weighted by atomic mass is 16.2. The summed E-state index contributed by atoms with van der Waals surface area (Å²) in [5.41, 5.74) is 4.01. The average Bonchev–Trinajstić information content (AvgIpc) is 3.42. The molecule has 0 aliphatic heterocycles. The van der Waals surface area contributed by atoms with E-state index in [0.29, 0.717) is 18.2 Å². The molecule has 0 bridgehead atoms. The minimum Gasteiger partial charge on any atom is -0.271 e. The van der Waals surface area contributed by atoms with E-state index < -0.39 is 0 Å². The lowest BCUT2D eigenvalue weighted by molar-refractivity contribution is 0.506. The zero-order valence-corrected chi connectivity index (χ0v) is 17.9. The van der Waals surface area contributed by atoms with E-state index in [4.69, 9.17) is 0 Å². The van der Waals surface area contributed by atoms with Crippen molar-refractivity contribution in [3.05, 3.63) is 76.5 Å². The molecule has 0 aliphatic carbocycles. The van der Waals surface area contributed by atoms with Crippen LogP contribution in [0.25, 0.3) is 28.6 Å². The Labute approximate surface area is 180 Å². The van der Waals surface area contributed by atoms with E-state index in [1.165, 1.54) is 4.68 Å². The number of H-pyrrole nitrogens is 1. The second-order valence-corrected chi connectivity index (χ2v) is 7.60. The molecule has 2 aromatic heterocycles. The first kappa shape index (κ1) is 20.5. The molecular weight excluding hydrogens is 390 g/mol. The van der Waals surface area contributed by atoms with E-state index in [1.807, 2.05) is 62.4 Å². The maximum Gasteiger partial charge on any atom is 0.346 e. The van der Waals surface area contributed by atoms with Crippen LogP contribution in [0.1, 0.15) is 44.6 Å². The lowest BCUT2D eigenvalue weighted by Crippen LogP contribution is -2.26. The minimum absolute atomic E-state index is 0.0109. The quantitative estimate of drug-likeness (QED) is 0.493. The van der Waals surface area contributed by atoms with Crippen LogP contribution in [0.15, 0.2) is 59.4 Å². The Hall–Kier alpha value is -3.81. The number of rotatable bonds is 7. The fourth-order valence-electron chi connectivity index (χ4n) is 3.37. The molecular formula is C23H25N7O. The molecule has 4 rings (SSSR count). The van der Waals surface area contributed by atoms with E-state index in [9.17, 15) is 4.79 Å². The normalized spacial score (nSPS) is 11.6. The lowest BCUT2D eigenvalue weighted by Gasteiger charge is -2.07. The molecule has 0 spiro atoms. The van der Waals surface area contributed by atoms with Crippen LogP contribution in [0, 0.1) is 0 Å². The van der Waals surface area contributed by atoms with E-state index in [-0.39, 0.29) is 11.7 Å². The second-order valence-electron chi connectivity index (χ2n) is 7.60. The highest BCUT2D eigenvalue weighted by Gasteiger charge is 2.14. The summed E-state index contributed by atoms with van der Waals surface area (Å²) in [6.07, 6.45) is 4.82. The van der Waals surface area contributed by atoms with Crippen molar-refractivity contribution >= 4 is 6.08 Å². The molecule has 31 heavy (non-hydrogen) atoms. The minimum atomic E-state index is -0.0943. The number of hydrogen-bond acceptors (Lipinski definition) is 5. The Balaban J connectivity index is 1.61. The molecule has 8 nitrogen and oxygen atoms in total. The molecule has 0 unspecified atom stereocenters. The summed E-state index contributed by atoms with van der Waals surface area (Å²) in [4.78, 5) is 12.8. The monoisotopic (exact) mass is 415 g/mol. The average molecular weight is 416 g/mol. The SMILES string of the molecule is CC/C=C/c1nn(C(C)C)c(=O)n1Cc1ccc(-c2cccc(-c3nnn[nH]3)c2)cc1. The Morgan fingerprint density at radius 1 is 1.06 bits per heavy atom. The third-order valence-corrected chi connectivity index (χ3v) is 5.01. The summed E-state index contributed by atoms with van der Waals surface area (Å²) in [5.74, 6) is 1.31. The van der Waals surface area contributed by atoms with Gasteiger partial charge in [0.1, 0.15) is 0 Å². The third kappa shape index (κ3) is 4.37. The maximum atomic E-state index is 12.8. The van der Waals surface area contributed by atoms with Gasteiger partial charge in [0.2, 0.25) is 0 Å². The fourth-order valence-corrected chi connectivity index (χ4v) is 3.37. The van der Waals surface area contributed by atoms with Gasteiger partial charge >= 0.3 is 5.69 Å². The molecule has 2 heterocycles. The molecule has 4 aromatic rings. The highest BCUT2D eigenvalue weighted by Crippen LogP contribution is 2.24. The van der Waals surface area contributed by atoms with Crippen molar-refractivity contribution in [3.63, 3.8) is 0 Å². The predicted molar refractivity (Wildman–Crippen MR) is 120 cm³/mol. The number of benzene rings is 2. The number of allylic oxidation sites excluding steroid dienone is 1. The molecule has 0 saturated carbocycles. The summed E-state index contributed by atoms with van der Waals surface area (Å²) >= 11 is 0. The Kier molecular flexibility index (Phi) is 5.88. The number of hydrogen-bond donors (Lipinski definition) is 1. The molecule has 0 atom stereocenters. The molecule has 2 aromatic carbocycles. The summed E-state index contributed by atoms with van der Waals surface area (Å²) < 4.78 is 3.26. The molecule has 0 fully saturated rings. The van der Waals surface area contributed by atoms with Crippen LogP contribution < -0.4 is 5.69 Å². The van der Waals surface area contributed by atoms with Crippen molar-refractivity contribution in [2.45, 2.75) is 39.8 Å². The van der Waals surface area contributed by atoms with Crippen LogP contribution >= 0.6 is 0 Å². The van der Waals surface area contributed by atoms with Crippen molar-refractivity contribution in [2.24, 2.45) is 0 Å². The number of aromatic nitrogens is 7. The van der Waals surface area contributed by atoms with Crippen LogP contribution in [0.3, 0.4) is 0 Å². The molecule has 0 saturated heterocycles. The van der Waals surface area contributed by atoms with E-state index in [0.717, 1.165) is 28.7 Å². The first-order valence-electron chi connectivity index (χ1n) is 10.4. The van der Waals surface area contributed by atoms with Crippen LogP contribution in [0.2, 0.25) is 0 Å². The first-order valence-corrected chi connectivity index (χ1v) is 10.4. The van der Waals surface area contributed by atoms with Crippen LogP contribution in [-0.2, 0) is 6.54 Å². The van der Waals surface area contributed by atoms with Gasteiger partial charge in [0, 0.05) is 5.56 Å². The summed E-state index contributed by atoms with van der Waals surface area (Å²) in [7, 11) is 0. The van der Waals surface area contributed by atoms with Gasteiger partial charge in [0.05, 0.1) is 12.6 Å². The van der Waals surface area contributed by atoms with Crippen molar-refractivity contribution in [1.82, 2.24) is 35.0 Å². The van der Waals surface area contributed by atoms with Gasteiger partial charge in [-0.05, 0) is 59.5 Å². The van der Waals surface area contributed by atoms with Crippen LogP contribution in [0.4, 0.5) is 0 Å². The highest BCUT2D eigenvalue weighted by molar-refractivity contribution is 5.70. The largest absolute Gasteiger partial charge is 0.346 e. The van der Waals surface area contributed by atoms with Crippen molar-refractivity contribution in [3.8, 4) is 22.5 Å². The number of tetrazole rings is 1. The van der Waals surface area contributed by atoms with Gasteiger partial charge in [0.15, 0.2) is 11.6 Å². The van der Waals surface area contributed by atoms with Crippen molar-refractivity contribution < 1.29 is 0 Å². The molecule has 0 amide bonds. The zero-order chi connectivity index (χ0) is 21.8. The number of nitrogens with zero attached hydrogens (tertiary/aromatic N) is 6. The number of aromatic amines is 1. The first-order chi connectivity index (χ1) is 15.1. The summed E-state index contributed by atoms with van der Waals surface area (Å²) in [5, 5.41) is 18.5. The van der Waals surface area contributed by atoms with Crippen LogP contribution in [-0.4, -0.2) is 35.0 Å². The Morgan fingerprint density at radius 3 is 2.52 bits per heavy atom. The van der Waals surface area contributed by atoms with Crippen LogP contribution in [0.5, 0.6) is 0 Å². The standard InChI is InChI=1S/C23H25N7O/c1-4-5-9-21-26-30(16(2)3)23(31)29(21)15-17-10-12-18(13-11-17)19-7-6-8-20(14-19)22-24-27-28-25-22/h5-14,16H,4,15H2,1-3H3,(H,24,25,27,28)/b9-5+. The Bertz CT molecular complexity index is 1230. The van der Waals surface area contributed by atoms with Gasteiger partial charge in [-0.1, -0.05) is 55.5 Å². The van der Waals surface area contributed by atoms with E-state index in [1.54, 1.807) is 4.57 Å². The number of nitrogens with one attached hydrogen (secondary N) is 1. The van der Waals surface area contributed by atoms with Crippen molar-refractivity contribution in [2.75, 3.05) is 0 Å². The maximum absolute atomic E-state index is 12.8. The van der Waals surface area contributed by atoms with Gasteiger partial charge in [-0.15, -0.1) is 5.10 Å². The van der Waals surface area contributed by atoms with Gasteiger partial charge < -0.3 is 0 Å². The molecule has 1 N–H and O–H groups in total. The van der Waals surface area contributed by atoms with Gasteiger partial charge in [0.25, 0.3) is 0 Å². The lowest BCUT2D eigenvalue weighted by atomic mass is 10.0. The van der Waals surface area contributed by atoms with Gasteiger partial charge in [-0.2, -0.15) is 5.10 Å². The van der Waals surface area contributed by atoms with E-state index >= 15 is 0 Å². The second kappa shape index (κ2) is 8.91. The third-order valence-electron chi connectivity index (χ3n) is 5.01. The summed E-state index contributed by atoms with van der Waals surface area (Å²) in [6.45, 7) is 6.46. The van der Waals surface area contributed by atoms with Gasteiger partial charge in [-0.25, -0.2) is 14.6 Å². The molecule has 8 heteroatoms. The van der Waals surface area contributed by atoms with Crippen molar-refractivity contribution in [1.29, 1.82) is 0 Å². The predicted octanol–water partition coefficient (Wildman–Crippen LogP) is 3.94. The van der Waals surface area contributed by atoms with E-state index in [2.05, 4.69) is 44.8 Å². The Morgan fingerprint density at radius 2 is 1.84 bits per heavy atom. The molecule has 0 radical (unpaired) electrons. The summed E-state index contributed by atoms with van der Waals surface area (Å²) in [6, 6.07) is 16.3.